The minimum Gasteiger partial charge on any atom is -0.457 e. The molecular weight excluding hydrogens is 314 g/mol. The average molecular weight is 333 g/mol. The van der Waals surface area contributed by atoms with Crippen LogP contribution < -0.4 is 10.5 Å². The van der Waals surface area contributed by atoms with E-state index in [0.29, 0.717) is 17.9 Å². The molecule has 1 heterocycles. The van der Waals surface area contributed by atoms with Crippen LogP contribution >= 0.6 is 0 Å². The van der Waals surface area contributed by atoms with Gasteiger partial charge in [-0.25, -0.2) is 4.98 Å². The molecule has 3 rings (SSSR count). The van der Waals surface area contributed by atoms with Crippen LogP contribution in [-0.4, -0.2) is 22.8 Å². The summed E-state index contributed by atoms with van der Waals surface area (Å²) >= 11 is 0. The highest BCUT2D eigenvalue weighted by Crippen LogP contribution is 2.21. The molecule has 5 heteroatoms. The molecule has 0 radical (unpaired) electrons. The molecule has 5 nitrogen and oxygen atoms in total. The molecule has 0 unspecified atom stereocenters. The van der Waals surface area contributed by atoms with Crippen LogP contribution in [0, 0.1) is 0 Å². The zero-order chi connectivity index (χ0) is 17.6. The average Bonchev–Trinajstić information content (AvgIpc) is 2.64. The minimum atomic E-state index is -0.0999. The van der Waals surface area contributed by atoms with Crippen LogP contribution in [0.5, 0.6) is 11.5 Å². The van der Waals surface area contributed by atoms with Gasteiger partial charge in [0.15, 0.2) is 0 Å². The first-order valence-corrected chi connectivity index (χ1v) is 7.90. The SMILES string of the molecule is CN(Cc1ccc(Oc2ccccc2)cc1)C(=O)c1ccc(N)nc1. The predicted molar refractivity (Wildman–Crippen MR) is 97.4 cm³/mol. The van der Waals surface area contributed by atoms with Crippen molar-refractivity contribution in [3.05, 3.63) is 84.1 Å². The van der Waals surface area contributed by atoms with Crippen molar-refractivity contribution in [1.82, 2.24) is 9.88 Å². The van der Waals surface area contributed by atoms with Gasteiger partial charge < -0.3 is 15.4 Å². The van der Waals surface area contributed by atoms with Crippen LogP contribution in [0.3, 0.4) is 0 Å². The van der Waals surface area contributed by atoms with E-state index in [1.165, 1.54) is 6.20 Å². The summed E-state index contributed by atoms with van der Waals surface area (Å²) in [6.07, 6.45) is 1.49. The van der Waals surface area contributed by atoms with E-state index in [4.69, 9.17) is 10.5 Å². The van der Waals surface area contributed by atoms with Crippen molar-refractivity contribution in [2.45, 2.75) is 6.54 Å². The van der Waals surface area contributed by atoms with Crippen LogP contribution in [0.15, 0.2) is 72.9 Å². The van der Waals surface area contributed by atoms with E-state index in [-0.39, 0.29) is 5.91 Å². The zero-order valence-electron chi connectivity index (χ0n) is 13.9. The smallest absolute Gasteiger partial charge is 0.255 e. The number of carbonyl (C=O) groups is 1. The number of amides is 1. The summed E-state index contributed by atoms with van der Waals surface area (Å²) in [5, 5.41) is 0. The lowest BCUT2D eigenvalue weighted by Gasteiger charge is -2.17. The molecule has 0 spiro atoms. The summed E-state index contributed by atoms with van der Waals surface area (Å²) in [6, 6.07) is 20.6. The van der Waals surface area contributed by atoms with E-state index in [2.05, 4.69) is 4.98 Å². The highest BCUT2D eigenvalue weighted by molar-refractivity contribution is 5.93. The monoisotopic (exact) mass is 333 g/mol. The molecule has 0 fully saturated rings. The number of nitrogen functional groups attached to an aromatic ring is 1. The Hall–Kier alpha value is -3.34. The summed E-state index contributed by atoms with van der Waals surface area (Å²) in [6.45, 7) is 0.495. The molecule has 0 saturated carbocycles. The summed E-state index contributed by atoms with van der Waals surface area (Å²) in [5.41, 5.74) is 7.08. The fourth-order valence-corrected chi connectivity index (χ4v) is 2.39. The highest BCUT2D eigenvalue weighted by Gasteiger charge is 2.12. The lowest BCUT2D eigenvalue weighted by molar-refractivity contribution is 0.0784. The Labute approximate surface area is 146 Å². The number of para-hydroxylation sites is 1. The molecule has 0 aliphatic heterocycles. The van der Waals surface area contributed by atoms with Crippen LogP contribution in [0.2, 0.25) is 0 Å². The molecule has 0 aliphatic rings. The Morgan fingerprint density at radius 3 is 2.32 bits per heavy atom. The summed E-state index contributed by atoms with van der Waals surface area (Å²) in [7, 11) is 1.76. The molecule has 0 bridgehead atoms. The molecule has 0 saturated heterocycles. The Kier molecular flexibility index (Phi) is 4.95. The number of pyridine rings is 1. The second kappa shape index (κ2) is 7.49. The Morgan fingerprint density at radius 1 is 1.00 bits per heavy atom. The van der Waals surface area contributed by atoms with E-state index in [1.807, 2.05) is 54.6 Å². The number of nitrogens with two attached hydrogens (primary N) is 1. The normalized spacial score (nSPS) is 10.3. The van der Waals surface area contributed by atoms with Gasteiger partial charge in [0.25, 0.3) is 5.91 Å². The second-order valence-electron chi connectivity index (χ2n) is 5.69. The van der Waals surface area contributed by atoms with E-state index in [9.17, 15) is 4.79 Å². The van der Waals surface area contributed by atoms with Crippen LogP contribution in [0.4, 0.5) is 5.82 Å². The van der Waals surface area contributed by atoms with Crippen molar-refractivity contribution in [1.29, 1.82) is 0 Å². The Balaban J connectivity index is 1.62. The molecule has 3 aromatic rings. The fraction of sp³-hybridized carbons (Fsp3) is 0.100. The third-order valence-electron chi connectivity index (χ3n) is 3.70. The van der Waals surface area contributed by atoms with Crippen LogP contribution in [-0.2, 0) is 6.54 Å². The molecule has 0 atom stereocenters. The fourth-order valence-electron chi connectivity index (χ4n) is 2.39. The van der Waals surface area contributed by atoms with E-state index in [0.717, 1.165) is 17.1 Å². The topological polar surface area (TPSA) is 68.5 Å². The lowest BCUT2D eigenvalue weighted by Crippen LogP contribution is -2.26. The van der Waals surface area contributed by atoms with Crippen molar-refractivity contribution in [3.8, 4) is 11.5 Å². The van der Waals surface area contributed by atoms with Gasteiger partial charge in [-0.1, -0.05) is 30.3 Å². The first kappa shape index (κ1) is 16.5. The van der Waals surface area contributed by atoms with Gasteiger partial charge in [0.05, 0.1) is 5.56 Å². The second-order valence-corrected chi connectivity index (χ2v) is 5.69. The van der Waals surface area contributed by atoms with Gasteiger partial charge in [-0.15, -0.1) is 0 Å². The molecule has 1 aromatic heterocycles. The molecule has 25 heavy (non-hydrogen) atoms. The molecule has 2 N–H and O–H groups in total. The summed E-state index contributed by atoms with van der Waals surface area (Å²) < 4.78 is 5.77. The molecule has 126 valence electrons. The quantitative estimate of drug-likeness (QED) is 0.772. The number of ether oxygens (including phenoxy) is 1. The number of hydrogen-bond acceptors (Lipinski definition) is 4. The summed E-state index contributed by atoms with van der Waals surface area (Å²) in [5.74, 6) is 1.84. The van der Waals surface area contributed by atoms with Gasteiger partial charge in [-0.05, 0) is 42.0 Å². The third kappa shape index (κ3) is 4.35. The maximum Gasteiger partial charge on any atom is 0.255 e. The van der Waals surface area contributed by atoms with Gasteiger partial charge in [0.1, 0.15) is 17.3 Å². The number of anilines is 1. The molecule has 2 aromatic carbocycles. The maximum atomic E-state index is 12.4. The van der Waals surface area contributed by atoms with Crippen molar-refractivity contribution >= 4 is 11.7 Å². The van der Waals surface area contributed by atoms with Crippen LogP contribution in [0.1, 0.15) is 15.9 Å². The van der Waals surface area contributed by atoms with E-state index >= 15 is 0 Å². The standard InChI is InChI=1S/C20H19N3O2/c1-23(20(24)16-9-12-19(21)22-13-16)14-15-7-10-18(11-8-15)25-17-5-3-2-4-6-17/h2-13H,14H2,1H3,(H2,21,22). The third-order valence-corrected chi connectivity index (χ3v) is 3.70. The largest absolute Gasteiger partial charge is 0.457 e. The summed E-state index contributed by atoms with van der Waals surface area (Å²) in [4.78, 5) is 18.0. The zero-order valence-corrected chi connectivity index (χ0v) is 13.9. The van der Waals surface area contributed by atoms with Crippen molar-refractivity contribution in [2.24, 2.45) is 0 Å². The van der Waals surface area contributed by atoms with Crippen molar-refractivity contribution in [2.75, 3.05) is 12.8 Å². The van der Waals surface area contributed by atoms with Gasteiger partial charge in [-0.2, -0.15) is 0 Å². The molecular formula is C20H19N3O2. The number of carbonyl (C=O) groups excluding carboxylic acids is 1. The lowest BCUT2D eigenvalue weighted by atomic mass is 10.2. The minimum absolute atomic E-state index is 0.0999. The van der Waals surface area contributed by atoms with Gasteiger partial charge in [0.2, 0.25) is 0 Å². The van der Waals surface area contributed by atoms with Crippen molar-refractivity contribution in [3.63, 3.8) is 0 Å². The van der Waals surface area contributed by atoms with E-state index in [1.54, 1.807) is 24.1 Å². The number of nitrogens with zero attached hydrogens (tertiary/aromatic N) is 2. The number of aromatic nitrogens is 1. The van der Waals surface area contributed by atoms with Gasteiger partial charge in [0, 0.05) is 19.8 Å². The molecule has 1 amide bonds. The Morgan fingerprint density at radius 2 is 1.68 bits per heavy atom. The number of benzene rings is 2. The van der Waals surface area contributed by atoms with Gasteiger partial charge >= 0.3 is 0 Å². The van der Waals surface area contributed by atoms with E-state index < -0.39 is 0 Å². The van der Waals surface area contributed by atoms with Gasteiger partial charge in [-0.3, -0.25) is 4.79 Å². The first-order chi connectivity index (χ1) is 12.1. The molecule has 0 aliphatic carbocycles. The predicted octanol–water partition coefficient (Wildman–Crippen LogP) is 3.73. The highest BCUT2D eigenvalue weighted by atomic mass is 16.5. The number of hydrogen-bond donors (Lipinski definition) is 1. The Bertz CT molecular complexity index is 831. The first-order valence-electron chi connectivity index (χ1n) is 7.90. The maximum absolute atomic E-state index is 12.4. The van der Waals surface area contributed by atoms with Crippen molar-refractivity contribution < 1.29 is 9.53 Å². The van der Waals surface area contributed by atoms with Crippen LogP contribution in [0.25, 0.3) is 0 Å². The number of rotatable bonds is 5.